The Hall–Kier alpha value is -3.93. The average molecular weight is 672 g/mol. The van der Waals surface area contributed by atoms with Gasteiger partial charge < -0.3 is 14.2 Å². The Morgan fingerprint density at radius 1 is 0.932 bits per heavy atom. The van der Waals surface area contributed by atoms with Gasteiger partial charge in [-0.1, -0.05) is 11.8 Å². The van der Waals surface area contributed by atoms with Gasteiger partial charge in [-0.3, -0.25) is 9.52 Å². The zero-order valence-corrected chi connectivity index (χ0v) is 25.4. The Labute approximate surface area is 256 Å². The van der Waals surface area contributed by atoms with E-state index in [1.807, 2.05) is 0 Å². The minimum absolute atomic E-state index is 0.0405. The Kier molecular flexibility index (Phi) is 10.0. The van der Waals surface area contributed by atoms with Crippen LogP contribution in [-0.2, 0) is 47.6 Å². The molecule has 9 nitrogen and oxygen atoms in total. The van der Waals surface area contributed by atoms with Crippen LogP contribution in [0.15, 0.2) is 64.4 Å². The molecule has 0 radical (unpaired) electrons. The molecule has 2 aliphatic heterocycles. The zero-order valence-electron chi connectivity index (χ0n) is 23.0. The van der Waals surface area contributed by atoms with Crippen LogP contribution < -0.4 is 14.2 Å². The van der Waals surface area contributed by atoms with Crippen LogP contribution >= 0.6 is 10.7 Å². The fourth-order valence-corrected chi connectivity index (χ4v) is 6.12. The molecule has 0 fully saturated rings. The molecule has 0 unspecified atom stereocenters. The van der Waals surface area contributed by atoms with Crippen molar-refractivity contribution in [2.45, 2.75) is 41.7 Å². The van der Waals surface area contributed by atoms with Crippen LogP contribution in [0.4, 0.5) is 18.9 Å². The number of rotatable bonds is 6. The molecule has 44 heavy (non-hydrogen) atoms. The van der Waals surface area contributed by atoms with E-state index in [1.165, 1.54) is 31.4 Å². The summed E-state index contributed by atoms with van der Waals surface area (Å²) in [4.78, 5) is 11.3. The summed E-state index contributed by atoms with van der Waals surface area (Å²) >= 11 is 0. The van der Waals surface area contributed by atoms with E-state index in [4.69, 9.17) is 20.2 Å². The topological polar surface area (TPSA) is 125 Å². The maximum absolute atomic E-state index is 13.1. The monoisotopic (exact) mass is 671 g/mol. The second-order valence-corrected chi connectivity index (χ2v) is 13.7. The van der Waals surface area contributed by atoms with E-state index in [1.54, 1.807) is 12.1 Å². The number of nitrogens with one attached hydrogen (secondary N) is 1. The number of esters is 1. The van der Waals surface area contributed by atoms with Gasteiger partial charge in [-0.15, -0.1) is 0 Å². The van der Waals surface area contributed by atoms with Gasteiger partial charge in [-0.2, -0.15) is 13.2 Å². The highest BCUT2D eigenvalue weighted by atomic mass is 35.7. The van der Waals surface area contributed by atoms with Crippen molar-refractivity contribution in [3.63, 3.8) is 0 Å². The summed E-state index contributed by atoms with van der Waals surface area (Å²) in [6.07, 6.45) is -3.31. The lowest BCUT2D eigenvalue weighted by atomic mass is 10.1. The van der Waals surface area contributed by atoms with Crippen LogP contribution in [0.3, 0.4) is 0 Å². The van der Waals surface area contributed by atoms with Crippen LogP contribution in [0, 0.1) is 11.8 Å². The number of hydrogen-bond donors (Lipinski definition) is 1. The van der Waals surface area contributed by atoms with Crippen LogP contribution in [0.5, 0.6) is 11.5 Å². The lowest BCUT2D eigenvalue weighted by Gasteiger charge is -2.13. The molecular formula is C29H25ClF3NO8S2. The molecule has 0 bridgehead atoms. The fraction of sp³-hybridized carbons (Fsp3) is 0.276. The summed E-state index contributed by atoms with van der Waals surface area (Å²) in [6, 6.07) is 11.6. The first kappa shape index (κ1) is 33.0. The second-order valence-electron chi connectivity index (χ2n) is 9.42. The van der Waals surface area contributed by atoms with E-state index in [9.17, 15) is 34.8 Å². The standard InChI is InChI=1S/C21H18F3NO5S.C8H7ClO3S/c1-29-20(26)5-3-2-4-14-12-16(21(22,23)24)6-8-18(14)25-31(27,28)17-7-9-19-15(13-17)10-11-30-19;9-13(10,11)7-1-2-8-6(5-7)3-4-12-8/h6-9,12-13,25H,3,5,10-11H2,1H3;1-2,5H,3-4H2. The van der Waals surface area contributed by atoms with Crippen LogP contribution in [0.2, 0.25) is 0 Å². The molecule has 0 aliphatic carbocycles. The highest BCUT2D eigenvalue weighted by molar-refractivity contribution is 8.13. The lowest BCUT2D eigenvalue weighted by Crippen LogP contribution is -2.15. The van der Waals surface area contributed by atoms with Crippen LogP contribution in [0.25, 0.3) is 0 Å². The number of benzene rings is 3. The first-order chi connectivity index (χ1) is 20.7. The molecule has 0 amide bonds. The molecule has 0 saturated carbocycles. The number of fused-ring (bicyclic) bond motifs is 2. The number of methoxy groups -OCH3 is 1. The third kappa shape index (κ3) is 8.37. The zero-order chi connectivity index (χ0) is 32.1. The molecular weight excluding hydrogens is 647 g/mol. The third-order valence-corrected chi connectivity index (χ3v) is 9.12. The van der Waals surface area contributed by atoms with Crippen molar-refractivity contribution in [2.75, 3.05) is 25.0 Å². The quantitative estimate of drug-likeness (QED) is 0.213. The predicted molar refractivity (Wildman–Crippen MR) is 155 cm³/mol. The van der Waals surface area contributed by atoms with Gasteiger partial charge in [0.1, 0.15) is 11.5 Å². The van der Waals surface area contributed by atoms with Crippen molar-refractivity contribution in [3.8, 4) is 23.3 Å². The number of halogens is 4. The van der Waals surface area contributed by atoms with Crippen LogP contribution in [-0.4, -0.2) is 43.1 Å². The molecule has 3 aromatic carbocycles. The molecule has 1 N–H and O–H groups in total. The SMILES string of the molecule is COC(=O)CCC#Cc1cc(C(F)(F)F)ccc1NS(=O)(=O)c1ccc2c(c1)CCO2.O=S(=O)(Cl)c1ccc2c(c1)CCO2. The van der Waals surface area contributed by atoms with Crippen molar-refractivity contribution in [1.82, 2.24) is 0 Å². The highest BCUT2D eigenvalue weighted by Gasteiger charge is 2.31. The van der Waals surface area contributed by atoms with Crippen molar-refractivity contribution in [3.05, 3.63) is 76.9 Å². The van der Waals surface area contributed by atoms with Crippen molar-refractivity contribution in [1.29, 1.82) is 0 Å². The molecule has 0 atom stereocenters. The number of sulfonamides is 1. The summed E-state index contributed by atoms with van der Waals surface area (Å²) < 4.78 is 104. The Bertz CT molecular complexity index is 1850. The molecule has 234 valence electrons. The lowest BCUT2D eigenvalue weighted by molar-refractivity contribution is -0.140. The third-order valence-electron chi connectivity index (χ3n) is 6.41. The van der Waals surface area contributed by atoms with Gasteiger partial charge in [-0.25, -0.2) is 16.8 Å². The maximum Gasteiger partial charge on any atom is 0.416 e. The van der Waals surface area contributed by atoms with Gasteiger partial charge in [-0.05, 0) is 65.7 Å². The summed E-state index contributed by atoms with van der Waals surface area (Å²) in [6.45, 7) is 1.07. The van der Waals surface area contributed by atoms with Crippen LogP contribution in [0.1, 0.15) is 35.1 Å². The number of hydrogen-bond acceptors (Lipinski definition) is 8. The minimum atomic E-state index is -4.63. The smallest absolute Gasteiger partial charge is 0.416 e. The van der Waals surface area contributed by atoms with Gasteiger partial charge in [0.2, 0.25) is 0 Å². The first-order valence-corrected chi connectivity index (χ1v) is 16.7. The minimum Gasteiger partial charge on any atom is -0.493 e. The van der Waals surface area contributed by atoms with E-state index in [0.29, 0.717) is 25.4 Å². The van der Waals surface area contributed by atoms with Crippen molar-refractivity contribution < 1.29 is 49.0 Å². The van der Waals surface area contributed by atoms with E-state index in [0.717, 1.165) is 41.5 Å². The first-order valence-electron chi connectivity index (χ1n) is 12.9. The summed E-state index contributed by atoms with van der Waals surface area (Å²) in [5.41, 5.74) is 0.408. The van der Waals surface area contributed by atoms with E-state index < -0.39 is 36.8 Å². The van der Waals surface area contributed by atoms with Crippen molar-refractivity contribution in [2.24, 2.45) is 0 Å². The molecule has 5 rings (SSSR count). The van der Waals surface area contributed by atoms with E-state index in [-0.39, 0.29) is 33.9 Å². The molecule has 15 heteroatoms. The molecule has 0 spiro atoms. The average Bonchev–Trinajstić information content (AvgIpc) is 3.63. The highest BCUT2D eigenvalue weighted by Crippen LogP contribution is 2.33. The number of carbonyl (C=O) groups is 1. The summed E-state index contributed by atoms with van der Waals surface area (Å²) in [5, 5.41) is 0. The number of ether oxygens (including phenoxy) is 3. The second kappa shape index (κ2) is 13.4. The van der Waals surface area contributed by atoms with Crippen molar-refractivity contribution >= 4 is 41.4 Å². The molecule has 0 saturated heterocycles. The Morgan fingerprint density at radius 3 is 2.09 bits per heavy atom. The maximum atomic E-state index is 13.1. The normalized spacial score (nSPS) is 13.6. The predicted octanol–water partition coefficient (Wildman–Crippen LogP) is 5.29. The fourth-order valence-electron chi connectivity index (χ4n) is 4.19. The number of carbonyl (C=O) groups excluding carboxylic acids is 1. The largest absolute Gasteiger partial charge is 0.493 e. The van der Waals surface area contributed by atoms with Gasteiger partial charge >= 0.3 is 12.1 Å². The summed E-state index contributed by atoms with van der Waals surface area (Å²) in [5.74, 6) is 5.93. The Balaban J connectivity index is 0.000000281. The summed E-state index contributed by atoms with van der Waals surface area (Å²) in [7, 11) is -1.29. The van der Waals surface area contributed by atoms with Gasteiger partial charge in [0, 0.05) is 35.5 Å². The molecule has 2 heterocycles. The van der Waals surface area contributed by atoms with Gasteiger partial charge in [0.15, 0.2) is 0 Å². The number of anilines is 1. The van der Waals surface area contributed by atoms with Gasteiger partial charge in [0.25, 0.3) is 19.1 Å². The van der Waals surface area contributed by atoms with E-state index >= 15 is 0 Å². The molecule has 2 aliphatic rings. The van der Waals surface area contributed by atoms with Gasteiger partial charge in [0.05, 0.1) is 47.8 Å². The molecule has 3 aromatic rings. The Morgan fingerprint density at radius 2 is 1.52 bits per heavy atom. The molecule has 0 aromatic heterocycles. The van der Waals surface area contributed by atoms with E-state index in [2.05, 4.69) is 21.3 Å². The number of alkyl halides is 3.